The Balaban J connectivity index is 2.37. The Labute approximate surface area is 149 Å². The first-order valence-corrected chi connectivity index (χ1v) is 8.58. The smallest absolute Gasteiger partial charge is 0.277 e. The third-order valence-corrected chi connectivity index (χ3v) is 5.01. The third-order valence-electron chi connectivity index (χ3n) is 4.63. The van der Waals surface area contributed by atoms with E-state index in [0.717, 1.165) is 5.56 Å². The molecule has 1 aromatic carbocycles. The lowest BCUT2D eigenvalue weighted by Crippen LogP contribution is -2.46. The third kappa shape index (κ3) is 3.22. The van der Waals surface area contributed by atoms with E-state index in [2.05, 4.69) is 20.8 Å². The highest BCUT2D eigenvalue weighted by molar-refractivity contribution is 7.80. The predicted molar refractivity (Wildman–Crippen MR) is 101 cm³/mol. The molecule has 0 aliphatic carbocycles. The molecule has 5 heteroatoms. The molecule has 1 fully saturated rings. The van der Waals surface area contributed by atoms with Crippen molar-refractivity contribution in [3.63, 3.8) is 0 Å². The van der Waals surface area contributed by atoms with E-state index in [1.807, 2.05) is 52.0 Å². The van der Waals surface area contributed by atoms with Crippen LogP contribution in [0.5, 0.6) is 0 Å². The average Bonchev–Trinajstić information content (AvgIpc) is 2.67. The van der Waals surface area contributed by atoms with Gasteiger partial charge in [-0.15, -0.1) is 0 Å². The Morgan fingerprint density at radius 1 is 0.917 bits per heavy atom. The van der Waals surface area contributed by atoms with Crippen LogP contribution in [0.15, 0.2) is 24.3 Å². The molecule has 0 N–H and O–H groups in total. The molecule has 130 valence electrons. The van der Waals surface area contributed by atoms with Crippen molar-refractivity contribution in [2.75, 3.05) is 4.90 Å². The van der Waals surface area contributed by atoms with E-state index in [4.69, 9.17) is 12.2 Å². The quantitative estimate of drug-likeness (QED) is 0.603. The molecule has 1 heterocycles. The number of amides is 2. The summed E-state index contributed by atoms with van der Waals surface area (Å²) in [5.74, 6) is -1.14. The maximum absolute atomic E-state index is 12.5. The molecule has 1 aliphatic rings. The second-order valence-electron chi connectivity index (χ2n) is 8.44. The number of hydrogen-bond donors (Lipinski definition) is 0. The summed E-state index contributed by atoms with van der Waals surface area (Å²) in [7, 11) is 0. The number of rotatable bonds is 2. The van der Waals surface area contributed by atoms with Crippen LogP contribution in [0.2, 0.25) is 0 Å². The largest absolute Gasteiger partial charge is 0.323 e. The fourth-order valence-corrected chi connectivity index (χ4v) is 2.98. The van der Waals surface area contributed by atoms with E-state index in [1.54, 1.807) is 0 Å². The van der Waals surface area contributed by atoms with E-state index in [1.165, 1.54) is 9.80 Å². The molecule has 0 bridgehead atoms. The van der Waals surface area contributed by atoms with Gasteiger partial charge in [-0.2, -0.15) is 0 Å². The minimum absolute atomic E-state index is 0.0245. The molecule has 1 aliphatic heterocycles. The molecule has 0 spiro atoms. The maximum Gasteiger partial charge on any atom is 0.323 e. The highest BCUT2D eigenvalue weighted by Crippen LogP contribution is 2.32. The van der Waals surface area contributed by atoms with Gasteiger partial charge in [0, 0.05) is 6.04 Å². The second-order valence-corrected chi connectivity index (χ2v) is 8.80. The van der Waals surface area contributed by atoms with E-state index in [9.17, 15) is 9.59 Å². The van der Waals surface area contributed by atoms with E-state index >= 15 is 0 Å². The summed E-state index contributed by atoms with van der Waals surface area (Å²) in [6, 6.07) is 7.49. The van der Waals surface area contributed by atoms with Gasteiger partial charge >= 0.3 is 11.8 Å². The molecular formula is C19H26N2O2S. The Hall–Kier alpha value is -1.75. The summed E-state index contributed by atoms with van der Waals surface area (Å²) in [5.41, 5.74) is 1.65. The van der Waals surface area contributed by atoms with Gasteiger partial charge in [0.2, 0.25) is 0 Å². The van der Waals surface area contributed by atoms with Gasteiger partial charge in [0.1, 0.15) is 0 Å². The van der Waals surface area contributed by atoms with Crippen LogP contribution in [-0.2, 0) is 15.0 Å². The normalized spacial score (nSPS) is 17.7. The molecular weight excluding hydrogens is 320 g/mol. The Bertz CT molecular complexity index is 681. The lowest BCUT2D eigenvalue weighted by molar-refractivity contribution is -0.140. The summed E-state index contributed by atoms with van der Waals surface area (Å²) in [5, 5.41) is 0.260. The Kier molecular flexibility index (Phi) is 4.61. The van der Waals surface area contributed by atoms with Gasteiger partial charge < -0.3 is 0 Å². The Morgan fingerprint density at radius 3 is 1.83 bits per heavy atom. The van der Waals surface area contributed by atoms with Gasteiger partial charge in [0.25, 0.3) is 0 Å². The molecule has 1 atom stereocenters. The summed E-state index contributed by atoms with van der Waals surface area (Å²) < 4.78 is 0. The number of thiocarbonyl (C=S) groups is 1. The molecule has 0 aromatic heterocycles. The zero-order chi connectivity index (χ0) is 18.4. The van der Waals surface area contributed by atoms with Crippen LogP contribution in [0.25, 0.3) is 0 Å². The van der Waals surface area contributed by atoms with Gasteiger partial charge in [0.05, 0.1) is 5.69 Å². The van der Waals surface area contributed by atoms with E-state index in [0.29, 0.717) is 5.69 Å². The number of hydrogen-bond acceptors (Lipinski definition) is 3. The lowest BCUT2D eigenvalue weighted by atomic mass is 9.87. The van der Waals surface area contributed by atoms with Gasteiger partial charge in [-0.05, 0) is 47.7 Å². The fourth-order valence-electron chi connectivity index (χ4n) is 2.55. The molecule has 1 saturated heterocycles. The van der Waals surface area contributed by atoms with Crippen LogP contribution >= 0.6 is 12.2 Å². The fraction of sp³-hybridized carbons (Fsp3) is 0.526. The molecule has 1 aromatic rings. The van der Waals surface area contributed by atoms with Crippen LogP contribution < -0.4 is 4.90 Å². The van der Waals surface area contributed by atoms with Crippen molar-refractivity contribution >= 4 is 34.8 Å². The van der Waals surface area contributed by atoms with Crippen LogP contribution in [0, 0.1) is 5.41 Å². The minimum atomic E-state index is -0.584. The highest BCUT2D eigenvalue weighted by Gasteiger charge is 2.47. The van der Waals surface area contributed by atoms with Crippen molar-refractivity contribution in [1.82, 2.24) is 4.90 Å². The van der Waals surface area contributed by atoms with Crippen molar-refractivity contribution in [2.24, 2.45) is 5.41 Å². The number of carbonyl (C=O) groups is 2. The summed E-state index contributed by atoms with van der Waals surface area (Å²) >= 11 is 5.46. The van der Waals surface area contributed by atoms with Crippen molar-refractivity contribution < 1.29 is 9.59 Å². The lowest BCUT2D eigenvalue weighted by Gasteiger charge is -2.34. The molecule has 4 nitrogen and oxygen atoms in total. The SMILES string of the molecule is CC(N1C(=O)C(=O)N(c2ccc(C(C)(C)C)cc2)C1=S)C(C)(C)C. The molecule has 0 radical (unpaired) electrons. The van der Waals surface area contributed by atoms with Crippen LogP contribution in [0.1, 0.15) is 54.0 Å². The first kappa shape index (κ1) is 18.6. The monoisotopic (exact) mass is 346 g/mol. The van der Waals surface area contributed by atoms with Gasteiger partial charge in [0.15, 0.2) is 5.11 Å². The standard InChI is InChI=1S/C19H26N2O2S/c1-12(18(2,3)4)20-15(22)16(23)21(17(20)24)14-10-8-13(9-11-14)19(5,6)7/h8-12H,1-7H3. The summed E-state index contributed by atoms with van der Waals surface area (Å²) in [6.45, 7) is 14.4. The molecule has 2 rings (SSSR count). The zero-order valence-corrected chi connectivity index (χ0v) is 16.3. The van der Waals surface area contributed by atoms with Crippen molar-refractivity contribution in [3.05, 3.63) is 29.8 Å². The first-order chi connectivity index (χ1) is 10.9. The van der Waals surface area contributed by atoms with Crippen molar-refractivity contribution in [1.29, 1.82) is 0 Å². The molecule has 0 saturated carbocycles. The topological polar surface area (TPSA) is 40.6 Å². The molecule has 2 amide bonds. The van der Waals surface area contributed by atoms with Crippen LogP contribution in [0.4, 0.5) is 5.69 Å². The predicted octanol–water partition coefficient (Wildman–Crippen LogP) is 3.88. The first-order valence-electron chi connectivity index (χ1n) is 8.18. The molecule has 1 unspecified atom stereocenters. The Morgan fingerprint density at radius 2 is 1.42 bits per heavy atom. The second kappa shape index (κ2) is 5.96. The number of carbonyl (C=O) groups excluding carboxylic acids is 2. The summed E-state index contributed by atoms with van der Waals surface area (Å²) in [4.78, 5) is 27.7. The van der Waals surface area contributed by atoms with Crippen LogP contribution in [0.3, 0.4) is 0 Å². The van der Waals surface area contributed by atoms with E-state index in [-0.39, 0.29) is 22.0 Å². The van der Waals surface area contributed by atoms with Gasteiger partial charge in [-0.3, -0.25) is 14.5 Å². The zero-order valence-electron chi connectivity index (χ0n) is 15.5. The maximum atomic E-state index is 12.5. The number of anilines is 1. The van der Waals surface area contributed by atoms with E-state index < -0.39 is 11.8 Å². The minimum Gasteiger partial charge on any atom is -0.277 e. The van der Waals surface area contributed by atoms with Crippen molar-refractivity contribution in [3.8, 4) is 0 Å². The molecule has 24 heavy (non-hydrogen) atoms. The average molecular weight is 346 g/mol. The van der Waals surface area contributed by atoms with Gasteiger partial charge in [-0.1, -0.05) is 53.7 Å². The highest BCUT2D eigenvalue weighted by atomic mass is 32.1. The number of benzene rings is 1. The van der Waals surface area contributed by atoms with Gasteiger partial charge in [-0.25, -0.2) is 4.90 Å². The summed E-state index contributed by atoms with van der Waals surface area (Å²) in [6.07, 6.45) is 0. The van der Waals surface area contributed by atoms with Crippen LogP contribution in [-0.4, -0.2) is 27.9 Å². The number of nitrogens with zero attached hydrogens (tertiary/aromatic N) is 2. The van der Waals surface area contributed by atoms with Crippen molar-refractivity contribution in [2.45, 2.75) is 59.9 Å².